The van der Waals surface area contributed by atoms with E-state index in [0.717, 1.165) is 0 Å². The summed E-state index contributed by atoms with van der Waals surface area (Å²) in [4.78, 5) is 26.7. The first kappa shape index (κ1) is 21.9. The molecule has 8 nitrogen and oxygen atoms in total. The summed E-state index contributed by atoms with van der Waals surface area (Å²) in [6, 6.07) is 13.3. The van der Waals surface area contributed by atoms with Gasteiger partial charge in [-0.15, -0.1) is 0 Å². The van der Waals surface area contributed by atoms with E-state index < -0.39 is 9.84 Å². The number of hydrogen-bond donors (Lipinski definition) is 0. The molecule has 1 atom stereocenters. The minimum Gasteiger partial charge on any atom is -0.484 e. The molecule has 1 saturated heterocycles. The van der Waals surface area contributed by atoms with Gasteiger partial charge in [0.05, 0.1) is 16.9 Å². The average molecular weight is 458 g/mol. The van der Waals surface area contributed by atoms with Crippen molar-refractivity contribution in [3.05, 3.63) is 64.5 Å². The first-order chi connectivity index (χ1) is 15.2. The molecule has 1 unspecified atom stereocenters. The minimum atomic E-state index is -3.08. The van der Waals surface area contributed by atoms with Gasteiger partial charge < -0.3 is 18.8 Å². The molecular weight excluding hydrogens is 434 g/mol. The summed E-state index contributed by atoms with van der Waals surface area (Å²) >= 11 is 0. The van der Waals surface area contributed by atoms with Gasteiger partial charge in [-0.05, 0) is 37.6 Å². The van der Waals surface area contributed by atoms with Crippen LogP contribution in [0, 0.1) is 6.92 Å². The van der Waals surface area contributed by atoms with Gasteiger partial charge in [0, 0.05) is 19.2 Å². The smallest absolute Gasteiger partial charge is 0.260 e. The highest BCUT2D eigenvalue weighted by Crippen LogP contribution is 2.27. The van der Waals surface area contributed by atoms with E-state index in [1.54, 1.807) is 56.4 Å². The third-order valence-corrected chi connectivity index (χ3v) is 7.21. The molecule has 0 aliphatic carbocycles. The van der Waals surface area contributed by atoms with Gasteiger partial charge in [-0.25, -0.2) is 8.42 Å². The van der Waals surface area contributed by atoms with Crippen LogP contribution in [0.25, 0.3) is 11.0 Å². The normalized spacial score (nSPS) is 17.2. The van der Waals surface area contributed by atoms with Crippen LogP contribution in [-0.4, -0.2) is 50.4 Å². The third-order valence-electron chi connectivity index (χ3n) is 5.46. The zero-order valence-corrected chi connectivity index (χ0v) is 18.6. The van der Waals surface area contributed by atoms with E-state index in [2.05, 4.69) is 0 Å². The highest BCUT2D eigenvalue weighted by molar-refractivity contribution is 7.91. The predicted octanol–water partition coefficient (Wildman–Crippen LogP) is 2.92. The van der Waals surface area contributed by atoms with Crippen LogP contribution >= 0.6 is 0 Å². The molecule has 0 spiro atoms. The van der Waals surface area contributed by atoms with Crippen molar-refractivity contribution in [1.82, 2.24) is 4.90 Å². The summed E-state index contributed by atoms with van der Waals surface area (Å²) in [5.41, 5.74) is 0.00510. The van der Waals surface area contributed by atoms with E-state index in [-0.39, 0.29) is 41.2 Å². The van der Waals surface area contributed by atoms with E-state index in [1.165, 1.54) is 4.90 Å². The molecule has 32 heavy (non-hydrogen) atoms. The number of ether oxygens (including phenoxy) is 2. The Morgan fingerprint density at radius 2 is 1.91 bits per heavy atom. The van der Waals surface area contributed by atoms with Crippen molar-refractivity contribution in [2.24, 2.45) is 0 Å². The maximum Gasteiger partial charge on any atom is 0.260 e. The van der Waals surface area contributed by atoms with Crippen LogP contribution in [0.2, 0.25) is 0 Å². The van der Waals surface area contributed by atoms with Gasteiger partial charge in [0.25, 0.3) is 5.91 Å². The summed E-state index contributed by atoms with van der Waals surface area (Å²) in [7, 11) is -1.51. The van der Waals surface area contributed by atoms with Gasteiger partial charge in [0.1, 0.15) is 22.8 Å². The molecule has 2 heterocycles. The van der Waals surface area contributed by atoms with Crippen LogP contribution in [0.15, 0.2) is 57.7 Å². The zero-order chi connectivity index (χ0) is 22.9. The standard InChI is InChI=1S/C23H23NO7S/c1-15-23(31-17-6-4-3-5-7-17)22(26)19-9-8-18(12-20(19)30-15)29-13-21(25)24(2)16-10-11-32(27,28)14-16/h3-9,12,16H,10-11,13-14H2,1-2H3. The molecule has 0 bridgehead atoms. The molecule has 1 aromatic heterocycles. The first-order valence-corrected chi connectivity index (χ1v) is 11.9. The lowest BCUT2D eigenvalue weighted by Crippen LogP contribution is -2.40. The number of benzene rings is 2. The number of fused-ring (bicyclic) bond motifs is 1. The van der Waals surface area contributed by atoms with Gasteiger partial charge in [-0.2, -0.15) is 0 Å². The van der Waals surface area contributed by atoms with E-state index in [4.69, 9.17) is 13.9 Å². The Hall–Kier alpha value is -3.33. The number of aryl methyl sites for hydroxylation is 1. The zero-order valence-electron chi connectivity index (χ0n) is 17.7. The molecule has 4 rings (SSSR count). The van der Waals surface area contributed by atoms with Crippen LogP contribution < -0.4 is 14.9 Å². The number of amides is 1. The number of para-hydroxylation sites is 1. The van der Waals surface area contributed by atoms with Crippen molar-refractivity contribution in [3.63, 3.8) is 0 Å². The Morgan fingerprint density at radius 3 is 2.59 bits per heavy atom. The van der Waals surface area contributed by atoms with Crippen LogP contribution in [0.5, 0.6) is 17.2 Å². The summed E-state index contributed by atoms with van der Waals surface area (Å²) in [6.07, 6.45) is 0.429. The summed E-state index contributed by atoms with van der Waals surface area (Å²) in [5, 5.41) is 0.327. The predicted molar refractivity (Wildman–Crippen MR) is 119 cm³/mol. The number of rotatable bonds is 6. The van der Waals surface area contributed by atoms with Crippen LogP contribution in [0.4, 0.5) is 0 Å². The fourth-order valence-corrected chi connectivity index (χ4v) is 5.39. The lowest BCUT2D eigenvalue weighted by molar-refractivity contribution is -0.133. The molecule has 1 amide bonds. The molecule has 0 saturated carbocycles. The molecule has 3 aromatic rings. The van der Waals surface area contributed by atoms with Gasteiger partial charge >= 0.3 is 0 Å². The van der Waals surface area contributed by atoms with Gasteiger partial charge in [0.2, 0.25) is 11.2 Å². The molecule has 0 N–H and O–H groups in total. The molecule has 168 valence electrons. The fraction of sp³-hybridized carbons (Fsp3) is 0.304. The topological polar surface area (TPSA) is 103 Å². The average Bonchev–Trinajstić information content (AvgIpc) is 3.14. The Morgan fingerprint density at radius 1 is 1.16 bits per heavy atom. The number of hydrogen-bond acceptors (Lipinski definition) is 7. The van der Waals surface area contributed by atoms with Crippen molar-refractivity contribution < 1.29 is 27.1 Å². The molecule has 9 heteroatoms. The maximum absolute atomic E-state index is 12.9. The van der Waals surface area contributed by atoms with Crippen molar-refractivity contribution in [2.75, 3.05) is 25.2 Å². The largest absolute Gasteiger partial charge is 0.484 e. The Balaban J connectivity index is 1.48. The van der Waals surface area contributed by atoms with Crippen LogP contribution in [0.1, 0.15) is 12.2 Å². The number of carbonyl (C=O) groups excluding carboxylic acids is 1. The summed E-state index contributed by atoms with van der Waals surface area (Å²) < 4.78 is 40.4. The van der Waals surface area contributed by atoms with E-state index in [0.29, 0.717) is 34.6 Å². The Bertz CT molecular complexity index is 1320. The van der Waals surface area contributed by atoms with Crippen molar-refractivity contribution in [1.29, 1.82) is 0 Å². The highest BCUT2D eigenvalue weighted by atomic mass is 32.2. The van der Waals surface area contributed by atoms with Crippen molar-refractivity contribution in [3.8, 4) is 17.2 Å². The van der Waals surface area contributed by atoms with E-state index in [1.807, 2.05) is 6.07 Å². The lowest BCUT2D eigenvalue weighted by Gasteiger charge is -2.23. The molecular formula is C23H23NO7S. The second-order valence-electron chi connectivity index (χ2n) is 7.74. The Labute approximate surface area is 185 Å². The van der Waals surface area contributed by atoms with Crippen LogP contribution in [0.3, 0.4) is 0 Å². The molecule has 2 aromatic carbocycles. The number of nitrogens with zero attached hydrogens (tertiary/aromatic N) is 1. The monoisotopic (exact) mass is 457 g/mol. The Kier molecular flexibility index (Phi) is 5.92. The lowest BCUT2D eigenvalue weighted by atomic mass is 10.2. The SMILES string of the molecule is Cc1oc2cc(OCC(=O)N(C)C3CCS(=O)(=O)C3)ccc2c(=O)c1Oc1ccccc1. The highest BCUT2D eigenvalue weighted by Gasteiger charge is 2.32. The molecule has 1 aliphatic rings. The van der Waals surface area contributed by atoms with E-state index >= 15 is 0 Å². The van der Waals surface area contributed by atoms with Crippen LogP contribution in [-0.2, 0) is 14.6 Å². The summed E-state index contributed by atoms with van der Waals surface area (Å²) in [6.45, 7) is 1.39. The molecule has 1 fully saturated rings. The van der Waals surface area contributed by atoms with Crippen molar-refractivity contribution in [2.45, 2.75) is 19.4 Å². The minimum absolute atomic E-state index is 0.0248. The van der Waals surface area contributed by atoms with Gasteiger partial charge in [-0.1, -0.05) is 18.2 Å². The quantitative estimate of drug-likeness (QED) is 0.561. The number of likely N-dealkylation sites (N-methyl/N-ethyl adjacent to an activating group) is 1. The van der Waals surface area contributed by atoms with Crippen molar-refractivity contribution >= 4 is 26.7 Å². The molecule has 1 aliphatic heterocycles. The third kappa shape index (κ3) is 4.62. The summed E-state index contributed by atoms with van der Waals surface area (Å²) in [5.74, 6) is 1.06. The second-order valence-corrected chi connectivity index (χ2v) is 9.97. The first-order valence-electron chi connectivity index (χ1n) is 10.1. The second kappa shape index (κ2) is 8.66. The number of carbonyl (C=O) groups is 1. The fourth-order valence-electron chi connectivity index (χ4n) is 3.61. The van der Waals surface area contributed by atoms with Gasteiger partial charge in [0.15, 0.2) is 16.4 Å². The van der Waals surface area contributed by atoms with E-state index in [9.17, 15) is 18.0 Å². The van der Waals surface area contributed by atoms with Gasteiger partial charge in [-0.3, -0.25) is 9.59 Å². The maximum atomic E-state index is 12.9. The molecule has 0 radical (unpaired) electrons. The number of sulfone groups is 1.